The van der Waals surface area contributed by atoms with Gasteiger partial charge in [0.25, 0.3) is 5.89 Å². The summed E-state index contributed by atoms with van der Waals surface area (Å²) < 4.78 is 5.41. The van der Waals surface area contributed by atoms with Gasteiger partial charge in [0.05, 0.1) is 5.56 Å². The zero-order chi connectivity index (χ0) is 16.2. The fraction of sp³-hybridized carbons (Fsp3) is 0.278. The van der Waals surface area contributed by atoms with E-state index in [4.69, 9.17) is 4.52 Å². The fourth-order valence-corrected chi connectivity index (χ4v) is 2.49. The minimum absolute atomic E-state index is 0.516. The molecule has 0 aliphatic rings. The average Bonchev–Trinajstić information content (AvgIpc) is 3.05. The maximum absolute atomic E-state index is 5.41. The van der Waals surface area contributed by atoms with Gasteiger partial charge in [-0.2, -0.15) is 4.98 Å². The number of pyridine rings is 1. The van der Waals surface area contributed by atoms with Crippen LogP contribution in [0.5, 0.6) is 0 Å². The first-order chi connectivity index (χ1) is 11.2. The summed E-state index contributed by atoms with van der Waals surface area (Å²) in [7, 11) is 1.82. The molecule has 2 aromatic heterocycles. The van der Waals surface area contributed by atoms with Gasteiger partial charge in [-0.05, 0) is 42.2 Å². The molecule has 0 unspecified atom stereocenters. The lowest BCUT2D eigenvalue weighted by molar-refractivity contribution is 0.432. The van der Waals surface area contributed by atoms with E-state index < -0.39 is 0 Å². The van der Waals surface area contributed by atoms with Crippen LogP contribution in [0.2, 0.25) is 0 Å². The monoisotopic (exact) mass is 308 g/mol. The Kier molecular flexibility index (Phi) is 4.37. The van der Waals surface area contributed by atoms with Crippen LogP contribution in [0.25, 0.3) is 22.8 Å². The summed E-state index contributed by atoms with van der Waals surface area (Å²) >= 11 is 0. The van der Waals surface area contributed by atoms with Gasteiger partial charge in [0, 0.05) is 18.8 Å². The van der Waals surface area contributed by atoms with Crippen molar-refractivity contribution in [3.8, 4) is 22.8 Å². The van der Waals surface area contributed by atoms with E-state index >= 15 is 0 Å². The zero-order valence-electron chi connectivity index (χ0n) is 13.6. The summed E-state index contributed by atoms with van der Waals surface area (Å²) in [6.45, 7) is 4.43. The molecule has 2 heterocycles. The molecule has 0 aliphatic heterocycles. The summed E-state index contributed by atoms with van der Waals surface area (Å²) in [5, 5.41) is 7.11. The molecule has 0 amide bonds. The summed E-state index contributed by atoms with van der Waals surface area (Å²) in [5.74, 6) is 2.42. The van der Waals surface area contributed by atoms with Gasteiger partial charge >= 0.3 is 0 Å². The van der Waals surface area contributed by atoms with Crippen molar-refractivity contribution >= 4 is 5.82 Å². The summed E-state index contributed by atoms with van der Waals surface area (Å²) in [5.41, 5.74) is 3.06. The smallest absolute Gasteiger partial charge is 0.258 e. The highest BCUT2D eigenvalue weighted by Gasteiger charge is 2.14. The molecule has 0 saturated heterocycles. The van der Waals surface area contributed by atoms with Crippen LogP contribution in [0.1, 0.15) is 19.4 Å². The molecule has 5 nitrogen and oxygen atoms in total. The molecule has 3 rings (SSSR count). The van der Waals surface area contributed by atoms with E-state index in [0.29, 0.717) is 17.6 Å². The van der Waals surface area contributed by atoms with Crippen LogP contribution in [-0.4, -0.2) is 22.2 Å². The Balaban J connectivity index is 1.87. The predicted molar refractivity (Wildman–Crippen MR) is 91.1 cm³/mol. The number of hydrogen-bond donors (Lipinski definition) is 1. The van der Waals surface area contributed by atoms with Crippen LogP contribution in [0.15, 0.2) is 47.1 Å². The quantitative estimate of drug-likeness (QED) is 0.770. The second-order valence-corrected chi connectivity index (χ2v) is 5.87. The Bertz CT molecular complexity index is 778. The van der Waals surface area contributed by atoms with E-state index in [9.17, 15) is 0 Å². The van der Waals surface area contributed by atoms with Crippen molar-refractivity contribution in [3.05, 3.63) is 48.2 Å². The molecule has 5 heteroatoms. The van der Waals surface area contributed by atoms with Gasteiger partial charge in [-0.1, -0.05) is 31.1 Å². The van der Waals surface area contributed by atoms with Crippen LogP contribution in [-0.2, 0) is 6.42 Å². The van der Waals surface area contributed by atoms with Gasteiger partial charge in [-0.15, -0.1) is 0 Å². The Morgan fingerprint density at radius 2 is 1.91 bits per heavy atom. The summed E-state index contributed by atoms with van der Waals surface area (Å²) in [4.78, 5) is 8.75. The van der Waals surface area contributed by atoms with E-state index in [1.54, 1.807) is 6.20 Å². The first-order valence-corrected chi connectivity index (χ1v) is 7.73. The van der Waals surface area contributed by atoms with Gasteiger partial charge in [-0.3, -0.25) is 0 Å². The first-order valence-electron chi connectivity index (χ1n) is 7.73. The van der Waals surface area contributed by atoms with Gasteiger partial charge in [-0.25, -0.2) is 4.98 Å². The van der Waals surface area contributed by atoms with Crippen molar-refractivity contribution in [3.63, 3.8) is 0 Å². The molecular formula is C18H20N4O. The van der Waals surface area contributed by atoms with Crippen LogP contribution in [0.4, 0.5) is 5.82 Å². The molecule has 0 fully saturated rings. The zero-order valence-corrected chi connectivity index (χ0v) is 13.6. The van der Waals surface area contributed by atoms with E-state index in [0.717, 1.165) is 23.4 Å². The lowest BCUT2D eigenvalue weighted by Gasteiger charge is -2.04. The number of benzene rings is 1. The molecular weight excluding hydrogens is 288 g/mol. The second kappa shape index (κ2) is 6.60. The van der Waals surface area contributed by atoms with Crippen LogP contribution in [0, 0.1) is 5.92 Å². The third-order valence-electron chi connectivity index (χ3n) is 3.56. The summed E-state index contributed by atoms with van der Waals surface area (Å²) in [6.07, 6.45) is 2.79. The Hall–Kier alpha value is -2.69. The number of aromatic nitrogens is 3. The maximum atomic E-state index is 5.41. The lowest BCUT2D eigenvalue weighted by atomic mass is 10.0. The van der Waals surface area contributed by atoms with E-state index in [1.807, 2.05) is 31.3 Å². The normalized spacial score (nSPS) is 11.0. The molecule has 0 saturated carbocycles. The van der Waals surface area contributed by atoms with Crippen molar-refractivity contribution in [2.75, 3.05) is 12.4 Å². The van der Waals surface area contributed by atoms with Crippen LogP contribution in [0.3, 0.4) is 0 Å². The Labute approximate surface area is 135 Å². The lowest BCUT2D eigenvalue weighted by Crippen LogP contribution is -1.95. The highest BCUT2D eigenvalue weighted by molar-refractivity contribution is 5.70. The predicted octanol–water partition coefficient (Wildman–Crippen LogP) is 4.04. The third kappa shape index (κ3) is 3.39. The van der Waals surface area contributed by atoms with E-state index in [-0.39, 0.29) is 0 Å². The van der Waals surface area contributed by atoms with Crippen LogP contribution < -0.4 is 5.32 Å². The van der Waals surface area contributed by atoms with Crippen molar-refractivity contribution in [2.24, 2.45) is 5.92 Å². The van der Waals surface area contributed by atoms with E-state index in [1.165, 1.54) is 5.56 Å². The summed E-state index contributed by atoms with van der Waals surface area (Å²) in [6, 6.07) is 12.0. The molecule has 3 aromatic rings. The molecule has 0 radical (unpaired) electrons. The maximum Gasteiger partial charge on any atom is 0.258 e. The SMILES string of the molecule is CNc1ncccc1-c1noc(-c2ccc(CC(C)C)cc2)n1. The van der Waals surface area contributed by atoms with Gasteiger partial charge in [0.15, 0.2) is 0 Å². The molecule has 1 N–H and O–H groups in total. The van der Waals surface area contributed by atoms with Gasteiger partial charge in [0.1, 0.15) is 5.82 Å². The van der Waals surface area contributed by atoms with Crippen molar-refractivity contribution in [2.45, 2.75) is 20.3 Å². The molecule has 23 heavy (non-hydrogen) atoms. The Morgan fingerprint density at radius 3 is 2.61 bits per heavy atom. The number of nitrogens with zero attached hydrogens (tertiary/aromatic N) is 3. The second-order valence-electron chi connectivity index (χ2n) is 5.87. The molecule has 0 aliphatic carbocycles. The number of rotatable bonds is 5. The minimum atomic E-state index is 0.516. The Morgan fingerprint density at radius 1 is 1.13 bits per heavy atom. The molecule has 0 atom stereocenters. The minimum Gasteiger partial charge on any atom is -0.373 e. The topological polar surface area (TPSA) is 63.8 Å². The highest BCUT2D eigenvalue weighted by atomic mass is 16.5. The first kappa shape index (κ1) is 15.2. The highest BCUT2D eigenvalue weighted by Crippen LogP contribution is 2.26. The largest absolute Gasteiger partial charge is 0.373 e. The standard InChI is InChI=1S/C18H20N4O/c1-12(2)11-13-6-8-14(9-7-13)18-21-17(22-23-18)15-5-4-10-20-16(15)19-3/h4-10,12H,11H2,1-3H3,(H,19,20). The average molecular weight is 308 g/mol. The third-order valence-corrected chi connectivity index (χ3v) is 3.56. The molecule has 0 spiro atoms. The van der Waals surface area contributed by atoms with Crippen molar-refractivity contribution < 1.29 is 4.52 Å². The van der Waals surface area contributed by atoms with Crippen LogP contribution >= 0.6 is 0 Å². The van der Waals surface area contributed by atoms with Gasteiger partial charge < -0.3 is 9.84 Å². The van der Waals surface area contributed by atoms with Crippen molar-refractivity contribution in [1.29, 1.82) is 0 Å². The van der Waals surface area contributed by atoms with Crippen molar-refractivity contribution in [1.82, 2.24) is 15.1 Å². The van der Waals surface area contributed by atoms with E-state index in [2.05, 4.69) is 46.4 Å². The molecule has 0 bridgehead atoms. The number of nitrogens with one attached hydrogen (secondary N) is 1. The van der Waals surface area contributed by atoms with Gasteiger partial charge in [0.2, 0.25) is 5.82 Å². The number of hydrogen-bond acceptors (Lipinski definition) is 5. The molecule has 1 aromatic carbocycles. The fourth-order valence-electron chi connectivity index (χ4n) is 2.49. The molecule has 118 valence electrons. The number of anilines is 1.